The highest BCUT2D eigenvalue weighted by molar-refractivity contribution is 5.46. The fraction of sp³-hybridized carbons (Fsp3) is 0.250. The number of aromatic nitrogens is 2. The molecule has 18 heavy (non-hydrogen) atoms. The van der Waals surface area contributed by atoms with Crippen LogP contribution in [0.15, 0.2) is 30.5 Å². The number of benzene rings is 1. The van der Waals surface area contributed by atoms with Crippen molar-refractivity contribution in [3.05, 3.63) is 47.3 Å². The van der Waals surface area contributed by atoms with Crippen LogP contribution in [-0.2, 0) is 12.7 Å². The molecule has 3 nitrogen and oxygen atoms in total. The molecule has 0 fully saturated rings. The first-order chi connectivity index (χ1) is 8.38. The predicted molar refractivity (Wildman–Crippen MR) is 61.9 cm³/mol. The Morgan fingerprint density at radius 1 is 1.28 bits per heavy atom. The van der Waals surface area contributed by atoms with Crippen LogP contribution in [-0.4, -0.2) is 9.78 Å². The number of anilines is 1. The number of nitrogens with two attached hydrogens (primary N) is 1. The van der Waals surface area contributed by atoms with Crippen LogP contribution in [0.2, 0.25) is 0 Å². The van der Waals surface area contributed by atoms with Gasteiger partial charge in [-0.25, -0.2) is 0 Å². The van der Waals surface area contributed by atoms with Crippen molar-refractivity contribution in [1.82, 2.24) is 9.78 Å². The minimum Gasteiger partial charge on any atom is -0.399 e. The standard InChI is InChI=1S/C12H12F3N3/c1-8-4-5-17-18(8)7-9-2-3-10(16)6-11(9)12(13,14)15/h2-6H,7,16H2,1H3. The van der Waals surface area contributed by atoms with E-state index in [4.69, 9.17) is 5.73 Å². The van der Waals surface area contributed by atoms with Crippen molar-refractivity contribution in [3.8, 4) is 0 Å². The molecule has 0 amide bonds. The lowest BCUT2D eigenvalue weighted by molar-refractivity contribution is -0.138. The fourth-order valence-corrected chi connectivity index (χ4v) is 1.72. The molecule has 2 N–H and O–H groups in total. The van der Waals surface area contributed by atoms with Crippen molar-refractivity contribution < 1.29 is 13.2 Å². The highest BCUT2D eigenvalue weighted by Gasteiger charge is 2.33. The van der Waals surface area contributed by atoms with Gasteiger partial charge in [0.1, 0.15) is 0 Å². The molecule has 2 rings (SSSR count). The summed E-state index contributed by atoms with van der Waals surface area (Å²) in [6, 6.07) is 5.54. The van der Waals surface area contributed by atoms with Gasteiger partial charge in [0.25, 0.3) is 0 Å². The van der Waals surface area contributed by atoms with Crippen LogP contribution in [0.5, 0.6) is 0 Å². The zero-order valence-corrected chi connectivity index (χ0v) is 9.70. The van der Waals surface area contributed by atoms with E-state index in [9.17, 15) is 13.2 Å². The second-order valence-corrected chi connectivity index (χ2v) is 4.04. The molecule has 0 saturated heterocycles. The van der Waals surface area contributed by atoms with E-state index in [-0.39, 0.29) is 17.8 Å². The number of halogens is 3. The van der Waals surface area contributed by atoms with Crippen molar-refractivity contribution in [2.75, 3.05) is 5.73 Å². The lowest BCUT2D eigenvalue weighted by Gasteiger charge is -2.14. The van der Waals surface area contributed by atoms with Gasteiger partial charge in [-0.2, -0.15) is 18.3 Å². The summed E-state index contributed by atoms with van der Waals surface area (Å²) in [7, 11) is 0. The molecule has 0 aliphatic carbocycles. The van der Waals surface area contributed by atoms with E-state index in [0.29, 0.717) is 0 Å². The van der Waals surface area contributed by atoms with Crippen molar-refractivity contribution in [1.29, 1.82) is 0 Å². The largest absolute Gasteiger partial charge is 0.416 e. The van der Waals surface area contributed by atoms with Crippen LogP contribution >= 0.6 is 0 Å². The molecule has 0 radical (unpaired) electrons. The van der Waals surface area contributed by atoms with Gasteiger partial charge in [-0.05, 0) is 30.7 Å². The molecule has 0 aliphatic heterocycles. The molecule has 96 valence electrons. The molecule has 1 aromatic carbocycles. The molecule has 0 saturated carbocycles. The van der Waals surface area contributed by atoms with E-state index in [1.165, 1.54) is 16.8 Å². The molecule has 0 atom stereocenters. The van der Waals surface area contributed by atoms with E-state index in [1.807, 2.05) is 0 Å². The normalized spacial score (nSPS) is 11.8. The maximum atomic E-state index is 12.9. The first kappa shape index (κ1) is 12.5. The van der Waals surface area contributed by atoms with Gasteiger partial charge >= 0.3 is 6.18 Å². The summed E-state index contributed by atoms with van der Waals surface area (Å²) in [5.41, 5.74) is 5.76. The average molecular weight is 255 g/mol. The van der Waals surface area contributed by atoms with Crippen molar-refractivity contribution >= 4 is 5.69 Å². The highest BCUT2D eigenvalue weighted by atomic mass is 19.4. The van der Waals surface area contributed by atoms with Crippen molar-refractivity contribution in [2.24, 2.45) is 0 Å². The number of nitrogen functional groups attached to an aromatic ring is 1. The average Bonchev–Trinajstić information content (AvgIpc) is 2.66. The predicted octanol–water partition coefficient (Wildman–Crippen LogP) is 2.84. The van der Waals surface area contributed by atoms with Gasteiger partial charge in [-0.15, -0.1) is 0 Å². The van der Waals surface area contributed by atoms with Gasteiger partial charge in [-0.3, -0.25) is 4.68 Å². The summed E-state index contributed by atoms with van der Waals surface area (Å²) in [6.45, 7) is 1.87. The molecule has 0 bridgehead atoms. The van der Waals surface area contributed by atoms with Crippen molar-refractivity contribution in [3.63, 3.8) is 0 Å². The van der Waals surface area contributed by atoms with E-state index in [1.54, 1.807) is 19.2 Å². The first-order valence-electron chi connectivity index (χ1n) is 5.32. The third-order valence-corrected chi connectivity index (χ3v) is 2.69. The smallest absolute Gasteiger partial charge is 0.399 e. The Hall–Kier alpha value is -1.98. The summed E-state index contributed by atoms with van der Waals surface area (Å²) in [5.74, 6) is 0. The number of nitrogens with zero attached hydrogens (tertiary/aromatic N) is 2. The Kier molecular flexibility index (Phi) is 3.02. The van der Waals surface area contributed by atoms with Gasteiger partial charge in [0.05, 0.1) is 12.1 Å². The van der Waals surface area contributed by atoms with Gasteiger partial charge in [0.15, 0.2) is 0 Å². The van der Waals surface area contributed by atoms with E-state index in [0.717, 1.165) is 11.8 Å². The van der Waals surface area contributed by atoms with E-state index >= 15 is 0 Å². The summed E-state index contributed by atoms with van der Waals surface area (Å²) in [6.07, 6.45) is -2.86. The van der Waals surface area contributed by atoms with E-state index in [2.05, 4.69) is 5.10 Å². The Morgan fingerprint density at radius 2 is 2.00 bits per heavy atom. The Morgan fingerprint density at radius 3 is 2.56 bits per heavy atom. The van der Waals surface area contributed by atoms with Gasteiger partial charge in [0, 0.05) is 17.6 Å². The highest BCUT2D eigenvalue weighted by Crippen LogP contribution is 2.33. The zero-order valence-electron chi connectivity index (χ0n) is 9.70. The molecule has 1 heterocycles. The maximum absolute atomic E-state index is 12.9. The lowest BCUT2D eigenvalue weighted by atomic mass is 10.1. The third kappa shape index (κ3) is 2.47. The second-order valence-electron chi connectivity index (χ2n) is 4.04. The third-order valence-electron chi connectivity index (χ3n) is 2.69. The quantitative estimate of drug-likeness (QED) is 0.838. The number of alkyl halides is 3. The monoisotopic (exact) mass is 255 g/mol. The van der Waals surface area contributed by atoms with Crippen molar-refractivity contribution in [2.45, 2.75) is 19.6 Å². The maximum Gasteiger partial charge on any atom is 0.416 e. The number of aryl methyl sites for hydroxylation is 1. The molecule has 2 aromatic rings. The molecule has 0 spiro atoms. The topological polar surface area (TPSA) is 43.8 Å². The fourth-order valence-electron chi connectivity index (χ4n) is 1.72. The second kappa shape index (κ2) is 4.36. The molecule has 0 aliphatic rings. The van der Waals surface area contributed by atoms with Crippen LogP contribution in [0.25, 0.3) is 0 Å². The SMILES string of the molecule is Cc1ccnn1Cc1ccc(N)cc1C(F)(F)F. The van der Waals surface area contributed by atoms with Gasteiger partial charge in [-0.1, -0.05) is 6.07 Å². The molecular weight excluding hydrogens is 243 g/mol. The van der Waals surface area contributed by atoms with Crippen LogP contribution in [0.1, 0.15) is 16.8 Å². The number of hydrogen-bond donors (Lipinski definition) is 1. The number of hydrogen-bond acceptors (Lipinski definition) is 2. The first-order valence-corrected chi connectivity index (χ1v) is 5.32. The number of rotatable bonds is 2. The summed E-state index contributed by atoms with van der Waals surface area (Å²) < 4.78 is 40.1. The summed E-state index contributed by atoms with van der Waals surface area (Å²) in [4.78, 5) is 0. The lowest BCUT2D eigenvalue weighted by Crippen LogP contribution is -2.13. The minimum absolute atomic E-state index is 0.0773. The Balaban J connectivity index is 2.42. The summed E-state index contributed by atoms with van der Waals surface area (Å²) in [5, 5.41) is 3.97. The van der Waals surface area contributed by atoms with Crippen LogP contribution in [0.4, 0.5) is 18.9 Å². The minimum atomic E-state index is -4.41. The Labute approximate surface area is 102 Å². The Bertz CT molecular complexity index is 558. The van der Waals surface area contributed by atoms with Gasteiger partial charge in [0.2, 0.25) is 0 Å². The summed E-state index contributed by atoms with van der Waals surface area (Å²) >= 11 is 0. The van der Waals surface area contributed by atoms with Crippen LogP contribution in [0, 0.1) is 6.92 Å². The van der Waals surface area contributed by atoms with Gasteiger partial charge < -0.3 is 5.73 Å². The van der Waals surface area contributed by atoms with Crippen LogP contribution in [0.3, 0.4) is 0 Å². The molecule has 1 aromatic heterocycles. The molecule has 0 unspecified atom stereocenters. The zero-order chi connectivity index (χ0) is 13.3. The van der Waals surface area contributed by atoms with Crippen LogP contribution < -0.4 is 5.73 Å². The van der Waals surface area contributed by atoms with E-state index < -0.39 is 11.7 Å². The molecular formula is C12H12F3N3. The molecule has 6 heteroatoms.